The second-order valence-corrected chi connectivity index (χ2v) is 19.6. The Morgan fingerprint density at radius 3 is 2.52 bits per heavy atom. The smallest absolute Gasteiger partial charge is 0.408 e. The molecule has 14 nitrogen and oxygen atoms in total. The first-order chi connectivity index (χ1) is 26.4. The van der Waals surface area contributed by atoms with Crippen LogP contribution in [0.15, 0.2) is 36.5 Å². The summed E-state index contributed by atoms with van der Waals surface area (Å²) in [6, 6.07) is 1.78. The SMILES string of the molecule is COc1cc(F)cc2c(O[C@@H]3C[C@H]4C(=O)N[C@]5(C(=O)NS(=O)(=O)C6(C)CC6)C[C@H]5/C=C\CC[C@H](C)C[C@@H](C)[C@H](N(CC5(C)CC5)C(=O)O)C(=O)N4C3)nccc12. The molecule has 3 heterocycles. The quantitative estimate of drug-likeness (QED) is 0.299. The van der Waals surface area contributed by atoms with Crippen molar-refractivity contribution >= 4 is 44.6 Å². The van der Waals surface area contributed by atoms with Gasteiger partial charge in [0, 0.05) is 36.5 Å². The Morgan fingerprint density at radius 2 is 1.86 bits per heavy atom. The first-order valence-corrected chi connectivity index (χ1v) is 21.0. The standard InChI is InChI=1S/C40H52FN5O9S/c1-23-8-6-7-9-25-20-40(25,36(49)44-56(52,53)39(4)13-14-39)43-33(47)30-19-27(55-34-29-17-26(41)18-31(54-5)28(29)10-15-42-34)21-45(30)35(48)32(24(2)16-23)46(37(50)51)22-38(3)11-12-38/h7,9-10,15,17-18,23-25,27,30,32H,6,8,11-14,16,19-22H2,1-5H3,(H,43,47)(H,44,49)(H,50,51)/b9-7-/t23-,24+,25+,27+,30-,32-,40+/m0/s1. The summed E-state index contributed by atoms with van der Waals surface area (Å²) in [5, 5.41) is 14.3. The summed E-state index contributed by atoms with van der Waals surface area (Å²) in [7, 11) is -2.62. The van der Waals surface area contributed by atoms with Gasteiger partial charge in [-0.25, -0.2) is 22.6 Å². The van der Waals surface area contributed by atoms with Gasteiger partial charge >= 0.3 is 6.09 Å². The molecule has 7 atom stereocenters. The van der Waals surface area contributed by atoms with Gasteiger partial charge in [0.05, 0.1) is 23.8 Å². The van der Waals surface area contributed by atoms with Crippen molar-refractivity contribution < 1.29 is 46.6 Å². The number of benzene rings is 1. The normalized spacial score (nSPS) is 31.4. The zero-order chi connectivity index (χ0) is 40.4. The summed E-state index contributed by atoms with van der Waals surface area (Å²) >= 11 is 0. The number of hydrogen-bond acceptors (Lipinski definition) is 9. The van der Waals surface area contributed by atoms with Crippen molar-refractivity contribution in [3.8, 4) is 11.6 Å². The summed E-state index contributed by atoms with van der Waals surface area (Å²) in [5.41, 5.74) is -1.86. The Labute approximate surface area is 326 Å². The lowest BCUT2D eigenvalue weighted by Crippen LogP contribution is -2.60. The van der Waals surface area contributed by atoms with Gasteiger partial charge in [0.15, 0.2) is 0 Å². The van der Waals surface area contributed by atoms with Crippen molar-refractivity contribution in [3.63, 3.8) is 0 Å². The van der Waals surface area contributed by atoms with Gasteiger partial charge in [-0.15, -0.1) is 0 Å². The topological polar surface area (TPSA) is 185 Å². The van der Waals surface area contributed by atoms with Gasteiger partial charge in [0.2, 0.25) is 27.7 Å². The molecule has 0 unspecified atom stereocenters. The van der Waals surface area contributed by atoms with Crippen LogP contribution in [0.4, 0.5) is 9.18 Å². The number of pyridine rings is 1. The molecule has 2 aliphatic heterocycles. The first-order valence-electron chi connectivity index (χ1n) is 19.5. The van der Waals surface area contributed by atoms with Crippen LogP contribution in [0.25, 0.3) is 10.8 Å². The maximum absolute atomic E-state index is 15.1. The molecule has 5 aliphatic rings. The fraction of sp³-hybridized carbons (Fsp3) is 0.625. The van der Waals surface area contributed by atoms with Crippen LogP contribution in [0.2, 0.25) is 0 Å². The van der Waals surface area contributed by atoms with Gasteiger partial charge in [-0.05, 0) is 87.7 Å². The lowest BCUT2D eigenvalue weighted by molar-refractivity contribution is -0.144. The summed E-state index contributed by atoms with van der Waals surface area (Å²) in [6.07, 6.45) is 7.61. The van der Waals surface area contributed by atoms with Crippen molar-refractivity contribution in [1.82, 2.24) is 24.8 Å². The number of halogens is 1. The number of sulfonamides is 1. The van der Waals surface area contributed by atoms with Gasteiger partial charge in [0.1, 0.15) is 35.3 Å². The molecule has 3 N–H and O–H groups in total. The zero-order valence-electron chi connectivity index (χ0n) is 32.5. The third-order valence-corrected chi connectivity index (χ3v) is 14.9. The molecule has 1 aromatic carbocycles. The Kier molecular flexibility index (Phi) is 10.3. The Hall–Kier alpha value is -4.47. The monoisotopic (exact) mass is 797 g/mol. The van der Waals surface area contributed by atoms with Crippen LogP contribution in [-0.2, 0) is 24.4 Å². The Morgan fingerprint density at radius 1 is 1.12 bits per heavy atom. The summed E-state index contributed by atoms with van der Waals surface area (Å²) in [5.74, 6) is -3.20. The van der Waals surface area contributed by atoms with E-state index >= 15 is 4.79 Å². The van der Waals surface area contributed by atoms with Gasteiger partial charge in [-0.2, -0.15) is 0 Å². The number of nitrogens with zero attached hydrogens (tertiary/aromatic N) is 3. The molecule has 304 valence electrons. The number of allylic oxidation sites excluding steroid dienone is 1. The van der Waals surface area contributed by atoms with Gasteiger partial charge in [-0.3, -0.25) is 24.0 Å². The molecule has 3 aliphatic carbocycles. The fourth-order valence-electron chi connectivity index (χ4n) is 8.50. The highest BCUT2D eigenvalue weighted by molar-refractivity contribution is 7.91. The third kappa shape index (κ3) is 7.64. The predicted octanol–water partition coefficient (Wildman–Crippen LogP) is 4.77. The lowest BCUT2D eigenvalue weighted by atomic mass is 9.86. The average Bonchev–Trinajstić information content (AvgIpc) is 4.09. The Balaban J connectivity index is 1.26. The minimum absolute atomic E-state index is 0.0514. The molecule has 4 fully saturated rings. The molecule has 1 aromatic heterocycles. The van der Waals surface area contributed by atoms with E-state index in [1.54, 1.807) is 13.0 Å². The molecule has 56 heavy (non-hydrogen) atoms. The molecule has 1 saturated heterocycles. The number of fused-ring (bicyclic) bond motifs is 3. The van der Waals surface area contributed by atoms with Crippen LogP contribution >= 0.6 is 0 Å². The molecular formula is C40H52FN5O9S. The fourth-order valence-corrected chi connectivity index (χ4v) is 9.81. The summed E-state index contributed by atoms with van der Waals surface area (Å²) in [6.45, 7) is 7.49. The van der Waals surface area contributed by atoms with E-state index in [9.17, 15) is 32.3 Å². The van der Waals surface area contributed by atoms with Crippen LogP contribution in [0, 0.1) is 29.0 Å². The van der Waals surface area contributed by atoms with Crippen molar-refractivity contribution in [3.05, 3.63) is 42.4 Å². The molecule has 16 heteroatoms. The van der Waals surface area contributed by atoms with Crippen LogP contribution in [0.5, 0.6) is 11.6 Å². The molecule has 2 aromatic rings. The molecule has 0 radical (unpaired) electrons. The maximum atomic E-state index is 15.1. The van der Waals surface area contributed by atoms with E-state index in [2.05, 4.69) is 21.9 Å². The van der Waals surface area contributed by atoms with Crippen LogP contribution in [0.3, 0.4) is 0 Å². The highest BCUT2D eigenvalue weighted by Gasteiger charge is 2.63. The number of aromatic nitrogens is 1. The highest BCUT2D eigenvalue weighted by atomic mass is 32.2. The highest BCUT2D eigenvalue weighted by Crippen LogP contribution is 2.49. The number of ether oxygens (including phenoxy) is 2. The average molecular weight is 798 g/mol. The number of carboxylic acid groups (broad SMARTS) is 1. The second-order valence-electron chi connectivity index (χ2n) is 17.4. The van der Waals surface area contributed by atoms with Crippen LogP contribution < -0.4 is 19.5 Å². The van der Waals surface area contributed by atoms with Crippen LogP contribution in [-0.4, -0.2) is 101 Å². The molecule has 3 saturated carbocycles. The predicted molar refractivity (Wildman–Crippen MR) is 204 cm³/mol. The van der Waals surface area contributed by atoms with E-state index < -0.39 is 80.0 Å². The minimum Gasteiger partial charge on any atom is -0.496 e. The molecule has 7 rings (SSSR count). The largest absolute Gasteiger partial charge is 0.496 e. The number of carbonyl (C=O) groups is 4. The van der Waals surface area contributed by atoms with Crippen molar-refractivity contribution in [2.75, 3.05) is 20.2 Å². The van der Waals surface area contributed by atoms with E-state index in [0.717, 1.165) is 19.3 Å². The minimum atomic E-state index is -4.04. The second kappa shape index (κ2) is 14.5. The lowest BCUT2D eigenvalue weighted by Gasteiger charge is -2.38. The number of carbonyl (C=O) groups excluding carboxylic acids is 3. The summed E-state index contributed by atoms with van der Waals surface area (Å²) < 4.78 is 54.1. The van der Waals surface area contributed by atoms with E-state index in [1.807, 2.05) is 26.0 Å². The van der Waals surface area contributed by atoms with E-state index in [4.69, 9.17) is 9.47 Å². The number of rotatable bonds is 9. The number of hydrogen-bond donors (Lipinski definition) is 3. The Bertz CT molecular complexity index is 2070. The molecule has 0 spiro atoms. The number of methoxy groups -OCH3 is 1. The van der Waals surface area contributed by atoms with Crippen molar-refractivity contribution in [2.24, 2.45) is 23.2 Å². The third-order valence-electron chi connectivity index (χ3n) is 12.7. The van der Waals surface area contributed by atoms with Crippen LogP contribution in [0.1, 0.15) is 85.5 Å². The first kappa shape index (κ1) is 39.8. The maximum Gasteiger partial charge on any atom is 0.408 e. The van der Waals surface area contributed by atoms with Crippen molar-refractivity contribution in [2.45, 2.75) is 114 Å². The number of nitrogens with one attached hydrogen (secondary N) is 2. The van der Waals surface area contributed by atoms with Gasteiger partial charge in [0.25, 0.3) is 5.91 Å². The van der Waals surface area contributed by atoms with Gasteiger partial charge in [-0.1, -0.05) is 32.9 Å². The van der Waals surface area contributed by atoms with E-state index in [0.29, 0.717) is 36.5 Å². The van der Waals surface area contributed by atoms with Gasteiger partial charge < -0.3 is 24.8 Å². The molecule has 4 amide bonds. The molecule has 0 bridgehead atoms. The summed E-state index contributed by atoms with van der Waals surface area (Å²) in [4.78, 5) is 63.5. The zero-order valence-corrected chi connectivity index (χ0v) is 33.4. The van der Waals surface area contributed by atoms with E-state index in [-0.39, 0.29) is 48.9 Å². The van der Waals surface area contributed by atoms with Crippen molar-refractivity contribution in [1.29, 1.82) is 0 Å². The number of amides is 4. The molecular weight excluding hydrogens is 746 g/mol. The van der Waals surface area contributed by atoms with E-state index in [1.165, 1.54) is 35.2 Å².